The Morgan fingerprint density at radius 1 is 1.60 bits per heavy atom. The molecular formula is C11H17NaO2S. The molecule has 0 saturated carbocycles. The first-order chi connectivity index (χ1) is 6.61. The first kappa shape index (κ1) is 15.6. The molecule has 0 aromatic rings. The second-order valence-electron chi connectivity index (χ2n) is 3.85. The normalized spacial score (nSPS) is 22.9. The summed E-state index contributed by atoms with van der Waals surface area (Å²) in [5, 5.41) is 11.7. The molecular weight excluding hydrogens is 219 g/mol. The Balaban J connectivity index is 0.00000196. The van der Waals surface area contributed by atoms with Gasteiger partial charge in [0, 0.05) is 11.7 Å². The van der Waals surface area contributed by atoms with Crippen LogP contribution < -0.4 is 34.7 Å². The van der Waals surface area contributed by atoms with E-state index < -0.39 is 0 Å². The number of carbonyl (C=O) groups excluding carboxylic acids is 1. The van der Waals surface area contributed by atoms with E-state index >= 15 is 0 Å². The van der Waals surface area contributed by atoms with Gasteiger partial charge in [-0.25, -0.2) is 0 Å². The minimum Gasteiger partial charge on any atom is -0.875 e. The molecule has 1 aliphatic carbocycles. The Kier molecular flexibility index (Phi) is 8.06. The summed E-state index contributed by atoms with van der Waals surface area (Å²) in [6.07, 6.45) is 3.39. The number of carbonyl (C=O) groups is 1. The number of allylic oxidation sites excluding steroid dienone is 2. The van der Waals surface area contributed by atoms with Gasteiger partial charge >= 0.3 is 29.6 Å². The van der Waals surface area contributed by atoms with Crippen LogP contribution in [0.5, 0.6) is 0 Å². The molecule has 1 aliphatic rings. The summed E-state index contributed by atoms with van der Waals surface area (Å²) in [6.45, 7) is 4.30. The van der Waals surface area contributed by atoms with E-state index in [1.54, 1.807) is 0 Å². The maximum Gasteiger partial charge on any atom is 1.00 e. The summed E-state index contributed by atoms with van der Waals surface area (Å²) in [5.74, 6) is 1.41. The molecule has 0 aromatic carbocycles. The second-order valence-corrected chi connectivity index (χ2v) is 5.57. The Morgan fingerprint density at radius 3 is 2.80 bits per heavy atom. The molecule has 0 aromatic heterocycles. The number of hydrogen-bond acceptors (Lipinski definition) is 3. The van der Waals surface area contributed by atoms with Crippen molar-refractivity contribution in [2.45, 2.75) is 38.4 Å². The van der Waals surface area contributed by atoms with E-state index in [9.17, 15) is 9.90 Å². The summed E-state index contributed by atoms with van der Waals surface area (Å²) in [6, 6.07) is 0. The molecule has 2 atom stereocenters. The number of rotatable bonds is 4. The zero-order valence-electron chi connectivity index (χ0n) is 9.79. The summed E-state index contributed by atoms with van der Waals surface area (Å²) in [5.41, 5.74) is 0. The fraction of sp³-hybridized carbons (Fsp3) is 0.727. The SMILES string of the molecule is CCSC(C)CC1CC(=O)C=C([O-])C1.[Na+]. The molecule has 0 N–H and O–H groups in total. The molecule has 2 unspecified atom stereocenters. The van der Waals surface area contributed by atoms with Crippen LogP contribution in [0.2, 0.25) is 0 Å². The fourth-order valence-corrected chi connectivity index (χ4v) is 2.90. The smallest absolute Gasteiger partial charge is 0.875 e. The third-order valence-electron chi connectivity index (χ3n) is 2.42. The minimum atomic E-state index is 0. The molecule has 0 aliphatic heterocycles. The molecule has 0 fully saturated rings. The van der Waals surface area contributed by atoms with Crippen LogP contribution >= 0.6 is 11.8 Å². The summed E-state index contributed by atoms with van der Waals surface area (Å²) >= 11 is 1.89. The van der Waals surface area contributed by atoms with Gasteiger partial charge in [0.05, 0.1) is 0 Å². The molecule has 4 heteroatoms. The number of thioether (sulfide) groups is 1. The maximum atomic E-state index is 11.1. The van der Waals surface area contributed by atoms with E-state index in [0.717, 1.165) is 12.2 Å². The van der Waals surface area contributed by atoms with Crippen LogP contribution in [-0.2, 0) is 4.79 Å². The first-order valence-corrected chi connectivity index (χ1v) is 6.18. The second kappa shape index (κ2) is 7.77. The third-order valence-corrected chi connectivity index (χ3v) is 3.51. The van der Waals surface area contributed by atoms with Crippen LogP contribution in [0, 0.1) is 5.92 Å². The van der Waals surface area contributed by atoms with Crippen molar-refractivity contribution in [3.05, 3.63) is 11.8 Å². The molecule has 2 nitrogen and oxygen atoms in total. The van der Waals surface area contributed by atoms with Crippen molar-refractivity contribution in [1.29, 1.82) is 0 Å². The van der Waals surface area contributed by atoms with Gasteiger partial charge in [-0.1, -0.05) is 13.8 Å². The average Bonchev–Trinajstić information content (AvgIpc) is 2.01. The number of ketones is 1. The van der Waals surface area contributed by atoms with E-state index in [4.69, 9.17) is 0 Å². The van der Waals surface area contributed by atoms with Gasteiger partial charge in [0.25, 0.3) is 0 Å². The Bertz CT molecular complexity index is 241. The quantitative estimate of drug-likeness (QED) is 0.572. The largest absolute Gasteiger partial charge is 1.00 e. The topological polar surface area (TPSA) is 40.1 Å². The Morgan fingerprint density at radius 2 is 2.27 bits per heavy atom. The van der Waals surface area contributed by atoms with Crippen LogP contribution in [0.4, 0.5) is 0 Å². The molecule has 0 saturated heterocycles. The van der Waals surface area contributed by atoms with Crippen LogP contribution in [0.1, 0.15) is 33.1 Å². The average molecular weight is 236 g/mol. The Hall–Kier alpha value is 0.560. The van der Waals surface area contributed by atoms with Crippen molar-refractivity contribution in [2.24, 2.45) is 5.92 Å². The summed E-state index contributed by atoms with van der Waals surface area (Å²) in [7, 11) is 0. The molecule has 80 valence electrons. The standard InChI is InChI=1S/C11H18O2S.Na/c1-3-14-8(2)4-9-5-10(12)7-11(13)6-9;/h7-9,12H,3-6H2,1-2H3;/q;+1/p-1. The minimum absolute atomic E-state index is 0. The molecule has 0 radical (unpaired) electrons. The maximum absolute atomic E-state index is 11.1. The van der Waals surface area contributed by atoms with Gasteiger partial charge in [-0.05, 0) is 30.6 Å². The zero-order valence-corrected chi connectivity index (χ0v) is 12.6. The third kappa shape index (κ3) is 6.00. The van der Waals surface area contributed by atoms with E-state index in [0.29, 0.717) is 18.1 Å². The van der Waals surface area contributed by atoms with Gasteiger partial charge in [-0.2, -0.15) is 11.8 Å². The van der Waals surface area contributed by atoms with Gasteiger partial charge in [0.2, 0.25) is 0 Å². The van der Waals surface area contributed by atoms with Crippen LogP contribution in [0.3, 0.4) is 0 Å². The van der Waals surface area contributed by atoms with Gasteiger partial charge in [-0.15, -0.1) is 5.76 Å². The van der Waals surface area contributed by atoms with Crippen molar-refractivity contribution < 1.29 is 39.5 Å². The van der Waals surface area contributed by atoms with E-state index in [2.05, 4.69) is 13.8 Å². The monoisotopic (exact) mass is 236 g/mol. The molecule has 15 heavy (non-hydrogen) atoms. The van der Waals surface area contributed by atoms with Crippen LogP contribution in [0.15, 0.2) is 11.8 Å². The van der Waals surface area contributed by atoms with Crippen molar-refractivity contribution in [3.8, 4) is 0 Å². The molecule has 0 amide bonds. The summed E-state index contributed by atoms with van der Waals surface area (Å²) < 4.78 is 0. The van der Waals surface area contributed by atoms with Gasteiger partial charge < -0.3 is 5.11 Å². The van der Waals surface area contributed by atoms with Crippen molar-refractivity contribution in [1.82, 2.24) is 0 Å². The molecule has 1 rings (SSSR count). The molecule has 0 heterocycles. The predicted octanol–water partition coefficient (Wildman–Crippen LogP) is -1.25. The predicted molar refractivity (Wildman–Crippen MR) is 58.0 cm³/mol. The van der Waals surface area contributed by atoms with E-state index in [-0.39, 0.29) is 47.0 Å². The van der Waals surface area contributed by atoms with Crippen LogP contribution in [0.25, 0.3) is 0 Å². The zero-order chi connectivity index (χ0) is 10.6. The number of hydrogen-bond donors (Lipinski definition) is 0. The van der Waals surface area contributed by atoms with E-state index in [1.165, 1.54) is 6.08 Å². The van der Waals surface area contributed by atoms with Crippen LogP contribution in [-0.4, -0.2) is 16.8 Å². The van der Waals surface area contributed by atoms with Gasteiger partial charge in [-0.3, -0.25) is 4.79 Å². The molecule has 0 bridgehead atoms. The molecule has 0 spiro atoms. The fourth-order valence-electron chi connectivity index (χ4n) is 1.93. The van der Waals surface area contributed by atoms with Gasteiger partial charge in [0.1, 0.15) is 0 Å². The summed E-state index contributed by atoms with van der Waals surface area (Å²) in [4.78, 5) is 11.1. The van der Waals surface area contributed by atoms with Crippen molar-refractivity contribution in [2.75, 3.05) is 5.75 Å². The van der Waals surface area contributed by atoms with E-state index in [1.807, 2.05) is 11.8 Å². The first-order valence-electron chi connectivity index (χ1n) is 5.13. The van der Waals surface area contributed by atoms with Crippen molar-refractivity contribution >= 4 is 17.5 Å². The van der Waals surface area contributed by atoms with Crippen molar-refractivity contribution in [3.63, 3.8) is 0 Å². The Labute approximate surface area is 118 Å². The van der Waals surface area contributed by atoms with Gasteiger partial charge in [0.15, 0.2) is 5.78 Å².